The van der Waals surface area contributed by atoms with Gasteiger partial charge in [0.1, 0.15) is 0 Å². The maximum Gasteiger partial charge on any atom is 0.181 e. The first-order chi connectivity index (χ1) is 5.93. The molecule has 0 unspecified atom stereocenters. The molecule has 0 heterocycles. The van der Waals surface area contributed by atoms with Crippen LogP contribution in [0.5, 0.6) is 0 Å². The third-order valence-corrected chi connectivity index (χ3v) is 1.20. The summed E-state index contributed by atoms with van der Waals surface area (Å²) in [6, 6.07) is 9.45. The maximum atomic E-state index is 9.48. The van der Waals surface area contributed by atoms with Crippen molar-refractivity contribution in [2.75, 3.05) is 6.61 Å². The van der Waals surface area contributed by atoms with E-state index in [2.05, 4.69) is 22.0 Å². The first-order valence-electron chi connectivity index (χ1n) is 3.42. The lowest BCUT2D eigenvalue weighted by molar-refractivity contribution is 0.174. The van der Waals surface area contributed by atoms with Crippen molar-refractivity contribution < 1.29 is 4.84 Å². The summed E-state index contributed by atoms with van der Waals surface area (Å²) < 4.78 is 0. The molecule has 0 aliphatic carbocycles. The van der Waals surface area contributed by atoms with Gasteiger partial charge in [0.2, 0.25) is 0 Å². The van der Waals surface area contributed by atoms with E-state index in [4.69, 9.17) is 0 Å². The van der Waals surface area contributed by atoms with E-state index >= 15 is 0 Å². The summed E-state index contributed by atoms with van der Waals surface area (Å²) in [6.07, 6.45) is 0. The minimum Gasteiger partial charge on any atom is -0.351 e. The van der Waals surface area contributed by atoms with Gasteiger partial charge < -0.3 is 4.84 Å². The van der Waals surface area contributed by atoms with Crippen molar-refractivity contribution in [3.05, 3.63) is 40.8 Å². The monoisotopic (exact) mass is 161 g/mol. The molecular formula is C9H7NO2. The van der Waals surface area contributed by atoms with Crippen LogP contribution >= 0.6 is 0 Å². The Morgan fingerprint density at radius 2 is 2.08 bits per heavy atom. The van der Waals surface area contributed by atoms with Gasteiger partial charge in [-0.2, -0.15) is 0 Å². The molecule has 12 heavy (non-hydrogen) atoms. The zero-order chi connectivity index (χ0) is 8.65. The second-order valence-corrected chi connectivity index (χ2v) is 2.02. The summed E-state index contributed by atoms with van der Waals surface area (Å²) in [5.74, 6) is 5.44. The molecule has 0 aliphatic rings. The van der Waals surface area contributed by atoms with Crippen LogP contribution in [0.4, 0.5) is 0 Å². The van der Waals surface area contributed by atoms with E-state index in [0.29, 0.717) is 0 Å². The molecule has 3 nitrogen and oxygen atoms in total. The van der Waals surface area contributed by atoms with Gasteiger partial charge in [-0.1, -0.05) is 30.0 Å². The minimum atomic E-state index is 0.0401. The van der Waals surface area contributed by atoms with E-state index in [1.54, 1.807) is 0 Å². The van der Waals surface area contributed by atoms with Gasteiger partial charge in [-0.3, -0.25) is 0 Å². The molecule has 0 saturated carbocycles. The Labute approximate surface area is 70.3 Å². The van der Waals surface area contributed by atoms with Crippen molar-refractivity contribution in [1.29, 1.82) is 0 Å². The molecule has 1 rings (SSSR count). The summed E-state index contributed by atoms with van der Waals surface area (Å²) in [7, 11) is 0. The predicted molar refractivity (Wildman–Crippen MR) is 45.1 cm³/mol. The lowest BCUT2D eigenvalue weighted by Crippen LogP contribution is -1.80. The standard InChI is InChI=1S/C9H7NO2/c11-10-12-8-4-7-9-5-2-1-3-6-9/h1-3,5-6H,8H2. The summed E-state index contributed by atoms with van der Waals surface area (Å²) in [4.78, 5) is 13.6. The molecule has 60 valence electrons. The van der Waals surface area contributed by atoms with Gasteiger partial charge in [-0.05, 0) is 12.1 Å². The van der Waals surface area contributed by atoms with Crippen LogP contribution in [0.1, 0.15) is 5.56 Å². The first-order valence-corrected chi connectivity index (χ1v) is 3.42. The van der Waals surface area contributed by atoms with Crippen LogP contribution in [-0.4, -0.2) is 6.61 Å². The molecule has 1 aromatic rings. The van der Waals surface area contributed by atoms with Crippen molar-refractivity contribution in [3.8, 4) is 11.8 Å². The Morgan fingerprint density at radius 3 is 2.75 bits per heavy atom. The van der Waals surface area contributed by atoms with Gasteiger partial charge in [0, 0.05) is 5.56 Å². The molecule has 0 bridgehead atoms. The van der Waals surface area contributed by atoms with E-state index < -0.39 is 0 Å². The van der Waals surface area contributed by atoms with Crippen LogP contribution in [0.2, 0.25) is 0 Å². The molecular weight excluding hydrogens is 154 g/mol. The second-order valence-electron chi connectivity index (χ2n) is 2.02. The van der Waals surface area contributed by atoms with E-state index in [1.807, 2.05) is 30.3 Å². The minimum absolute atomic E-state index is 0.0401. The first kappa shape index (κ1) is 8.28. The van der Waals surface area contributed by atoms with E-state index in [0.717, 1.165) is 5.56 Å². The van der Waals surface area contributed by atoms with Crippen LogP contribution in [-0.2, 0) is 4.84 Å². The van der Waals surface area contributed by atoms with Gasteiger partial charge in [0.15, 0.2) is 11.9 Å². The fourth-order valence-electron chi connectivity index (χ4n) is 0.718. The third-order valence-electron chi connectivity index (χ3n) is 1.20. The molecule has 3 heteroatoms. The molecule has 0 aliphatic heterocycles. The Hall–Kier alpha value is -1.82. The second kappa shape index (κ2) is 4.91. The molecule has 0 amide bonds. The van der Waals surface area contributed by atoms with E-state index in [-0.39, 0.29) is 6.61 Å². The van der Waals surface area contributed by atoms with Crippen LogP contribution in [0.15, 0.2) is 35.7 Å². The summed E-state index contributed by atoms with van der Waals surface area (Å²) >= 11 is 0. The lowest BCUT2D eigenvalue weighted by atomic mass is 10.2. The Bertz CT molecular complexity index is 297. The summed E-state index contributed by atoms with van der Waals surface area (Å²) in [6.45, 7) is 0.0401. The smallest absolute Gasteiger partial charge is 0.181 e. The number of hydrogen-bond acceptors (Lipinski definition) is 3. The molecule has 0 saturated heterocycles. The average molecular weight is 161 g/mol. The lowest BCUT2D eigenvalue weighted by Gasteiger charge is -1.85. The van der Waals surface area contributed by atoms with Crippen LogP contribution in [0.25, 0.3) is 0 Å². The van der Waals surface area contributed by atoms with Crippen molar-refractivity contribution in [2.24, 2.45) is 5.34 Å². The van der Waals surface area contributed by atoms with Gasteiger partial charge in [-0.25, -0.2) is 0 Å². The highest BCUT2D eigenvalue weighted by Crippen LogP contribution is 1.94. The number of hydrogen-bond donors (Lipinski definition) is 0. The van der Waals surface area contributed by atoms with Crippen molar-refractivity contribution >= 4 is 0 Å². The normalized spacial score (nSPS) is 8.00. The molecule has 1 aromatic carbocycles. The van der Waals surface area contributed by atoms with Crippen LogP contribution < -0.4 is 0 Å². The van der Waals surface area contributed by atoms with Crippen LogP contribution in [0, 0.1) is 16.7 Å². The topological polar surface area (TPSA) is 38.7 Å². The molecule has 0 radical (unpaired) electrons. The zero-order valence-electron chi connectivity index (χ0n) is 6.36. The Morgan fingerprint density at radius 1 is 1.33 bits per heavy atom. The van der Waals surface area contributed by atoms with Crippen molar-refractivity contribution in [3.63, 3.8) is 0 Å². The molecule has 0 atom stereocenters. The highest BCUT2D eigenvalue weighted by Gasteiger charge is 1.80. The zero-order valence-corrected chi connectivity index (χ0v) is 6.36. The quantitative estimate of drug-likeness (QED) is 0.287. The fourth-order valence-corrected chi connectivity index (χ4v) is 0.718. The van der Waals surface area contributed by atoms with Crippen molar-refractivity contribution in [1.82, 2.24) is 0 Å². The van der Waals surface area contributed by atoms with E-state index in [9.17, 15) is 4.91 Å². The molecule has 0 aromatic heterocycles. The van der Waals surface area contributed by atoms with E-state index in [1.165, 1.54) is 0 Å². The Kier molecular flexibility index (Phi) is 3.39. The van der Waals surface area contributed by atoms with Crippen LogP contribution in [0.3, 0.4) is 0 Å². The fraction of sp³-hybridized carbons (Fsp3) is 0.111. The van der Waals surface area contributed by atoms with Gasteiger partial charge in [0.05, 0.1) is 0 Å². The maximum absolute atomic E-state index is 9.48. The number of benzene rings is 1. The highest BCUT2D eigenvalue weighted by molar-refractivity contribution is 5.33. The largest absolute Gasteiger partial charge is 0.351 e. The predicted octanol–water partition coefficient (Wildman–Crippen LogP) is 1.74. The summed E-state index contributed by atoms with van der Waals surface area (Å²) in [5, 5.41) is 2.21. The number of rotatable bonds is 2. The average Bonchev–Trinajstić information content (AvgIpc) is 2.14. The molecule has 0 N–H and O–H groups in total. The van der Waals surface area contributed by atoms with Gasteiger partial charge >= 0.3 is 0 Å². The number of nitrogens with zero attached hydrogens (tertiary/aromatic N) is 1. The van der Waals surface area contributed by atoms with Gasteiger partial charge in [0.25, 0.3) is 0 Å². The molecule has 0 spiro atoms. The van der Waals surface area contributed by atoms with Gasteiger partial charge in [-0.15, -0.1) is 4.91 Å². The molecule has 0 fully saturated rings. The highest BCUT2D eigenvalue weighted by atomic mass is 16.7. The Balaban J connectivity index is 2.49. The summed E-state index contributed by atoms with van der Waals surface area (Å²) in [5.41, 5.74) is 0.895. The van der Waals surface area contributed by atoms with Crippen molar-refractivity contribution in [2.45, 2.75) is 0 Å². The SMILES string of the molecule is O=NOCC#Cc1ccccc1. The third kappa shape index (κ3) is 2.84.